The zero-order valence-electron chi connectivity index (χ0n) is 9.33. The maximum Gasteiger partial charge on any atom is 0.137 e. The van der Waals surface area contributed by atoms with Crippen LogP contribution in [0.5, 0.6) is 5.75 Å². The van der Waals surface area contributed by atoms with Gasteiger partial charge in [-0.2, -0.15) is 0 Å². The first-order chi connectivity index (χ1) is 7.65. The van der Waals surface area contributed by atoms with Crippen molar-refractivity contribution in [3.8, 4) is 5.75 Å². The Morgan fingerprint density at radius 2 is 2.25 bits per heavy atom. The summed E-state index contributed by atoms with van der Waals surface area (Å²) in [4.78, 5) is 11.0. The molecule has 0 aromatic heterocycles. The summed E-state index contributed by atoms with van der Waals surface area (Å²) in [6, 6.07) is 5.56. The molecule has 1 saturated carbocycles. The van der Waals surface area contributed by atoms with Crippen LogP contribution in [0.25, 0.3) is 0 Å². The highest BCUT2D eigenvalue weighted by Gasteiger charge is 2.22. The van der Waals surface area contributed by atoms with Gasteiger partial charge >= 0.3 is 0 Å². The second-order valence-electron chi connectivity index (χ2n) is 4.40. The first-order valence-electron chi connectivity index (χ1n) is 5.56. The lowest BCUT2D eigenvalue weighted by atomic mass is 10.1. The molecule has 0 N–H and O–H groups in total. The van der Waals surface area contributed by atoms with Crippen LogP contribution in [-0.2, 0) is 11.2 Å². The van der Waals surface area contributed by atoms with Gasteiger partial charge < -0.3 is 4.74 Å². The van der Waals surface area contributed by atoms with E-state index in [-0.39, 0.29) is 5.78 Å². The second kappa shape index (κ2) is 4.88. The summed E-state index contributed by atoms with van der Waals surface area (Å²) < 4.78 is 5.60. The normalized spacial score (nSPS) is 14.9. The van der Waals surface area contributed by atoms with E-state index in [4.69, 9.17) is 16.3 Å². The number of carbonyl (C=O) groups is 1. The number of rotatable bonds is 5. The number of Topliss-reactive ketones (excluding diaryl/α,β-unsaturated/α-hetero) is 1. The van der Waals surface area contributed by atoms with Gasteiger partial charge in [0.1, 0.15) is 11.5 Å². The number of ketones is 1. The molecule has 0 aliphatic heterocycles. The predicted molar refractivity (Wildman–Crippen MR) is 64.1 cm³/mol. The monoisotopic (exact) mass is 238 g/mol. The van der Waals surface area contributed by atoms with Crippen molar-refractivity contribution < 1.29 is 9.53 Å². The maximum atomic E-state index is 11.0. The van der Waals surface area contributed by atoms with Gasteiger partial charge in [-0.1, -0.05) is 17.7 Å². The van der Waals surface area contributed by atoms with Crippen LogP contribution in [0.3, 0.4) is 0 Å². The van der Waals surface area contributed by atoms with E-state index in [1.54, 1.807) is 6.92 Å². The van der Waals surface area contributed by atoms with Crippen molar-refractivity contribution in [1.29, 1.82) is 0 Å². The van der Waals surface area contributed by atoms with Crippen LogP contribution in [0.1, 0.15) is 25.3 Å². The van der Waals surface area contributed by atoms with Crippen LogP contribution < -0.4 is 4.74 Å². The molecule has 1 aliphatic carbocycles. The van der Waals surface area contributed by atoms with Crippen molar-refractivity contribution in [3.63, 3.8) is 0 Å². The van der Waals surface area contributed by atoms with Crippen molar-refractivity contribution in [2.75, 3.05) is 6.61 Å². The van der Waals surface area contributed by atoms with Gasteiger partial charge in [0, 0.05) is 6.42 Å². The lowest BCUT2D eigenvalue weighted by Crippen LogP contribution is -2.01. The molecule has 0 bridgehead atoms. The first-order valence-corrected chi connectivity index (χ1v) is 5.93. The zero-order chi connectivity index (χ0) is 11.5. The van der Waals surface area contributed by atoms with Gasteiger partial charge in [0.05, 0.1) is 11.6 Å². The van der Waals surface area contributed by atoms with E-state index in [2.05, 4.69) is 0 Å². The van der Waals surface area contributed by atoms with Gasteiger partial charge in [0.2, 0.25) is 0 Å². The lowest BCUT2D eigenvalue weighted by Gasteiger charge is -2.08. The van der Waals surface area contributed by atoms with Gasteiger partial charge in [-0.05, 0) is 43.4 Å². The van der Waals surface area contributed by atoms with E-state index >= 15 is 0 Å². The third-order valence-electron chi connectivity index (χ3n) is 2.62. The number of halogens is 1. The third kappa shape index (κ3) is 3.24. The topological polar surface area (TPSA) is 26.3 Å². The van der Waals surface area contributed by atoms with E-state index in [0.717, 1.165) is 17.9 Å². The first kappa shape index (κ1) is 11.5. The molecule has 0 unspecified atom stereocenters. The van der Waals surface area contributed by atoms with Crippen LogP contribution in [0.4, 0.5) is 0 Å². The molecule has 1 aliphatic rings. The van der Waals surface area contributed by atoms with Crippen LogP contribution in [0.15, 0.2) is 18.2 Å². The molecule has 2 rings (SSSR count). The largest absolute Gasteiger partial charge is 0.492 e. The SMILES string of the molecule is CC(=O)Cc1ccc(OCC2CC2)c(Cl)c1. The van der Waals surface area contributed by atoms with Crippen molar-refractivity contribution in [2.45, 2.75) is 26.2 Å². The Balaban J connectivity index is 2.00. The number of benzene rings is 1. The van der Waals surface area contributed by atoms with Gasteiger partial charge in [-0.25, -0.2) is 0 Å². The Morgan fingerprint density at radius 3 is 2.81 bits per heavy atom. The minimum Gasteiger partial charge on any atom is -0.492 e. The number of carbonyl (C=O) groups excluding carboxylic acids is 1. The van der Waals surface area contributed by atoms with E-state index < -0.39 is 0 Å². The van der Waals surface area contributed by atoms with Crippen molar-refractivity contribution in [1.82, 2.24) is 0 Å². The van der Waals surface area contributed by atoms with E-state index in [1.165, 1.54) is 12.8 Å². The molecule has 1 fully saturated rings. The Bertz CT molecular complexity index is 397. The molecule has 0 amide bonds. The van der Waals surface area contributed by atoms with Crippen LogP contribution in [0, 0.1) is 5.92 Å². The molecule has 0 saturated heterocycles. The summed E-state index contributed by atoms with van der Waals surface area (Å²) in [5.41, 5.74) is 0.941. The van der Waals surface area contributed by atoms with Crippen LogP contribution in [-0.4, -0.2) is 12.4 Å². The molecule has 16 heavy (non-hydrogen) atoms. The predicted octanol–water partition coefficient (Wildman–Crippen LogP) is 3.26. The molecule has 0 spiro atoms. The summed E-state index contributed by atoms with van der Waals surface area (Å²) >= 11 is 6.08. The van der Waals surface area contributed by atoms with Crippen molar-refractivity contribution in [2.24, 2.45) is 5.92 Å². The highest BCUT2D eigenvalue weighted by atomic mass is 35.5. The Hall–Kier alpha value is -1.02. The lowest BCUT2D eigenvalue weighted by molar-refractivity contribution is -0.116. The molecule has 0 radical (unpaired) electrons. The van der Waals surface area contributed by atoms with Crippen LogP contribution >= 0.6 is 11.6 Å². The van der Waals surface area contributed by atoms with Gasteiger partial charge in [-0.15, -0.1) is 0 Å². The van der Waals surface area contributed by atoms with Crippen LogP contribution in [0.2, 0.25) is 5.02 Å². The summed E-state index contributed by atoms with van der Waals surface area (Å²) in [5.74, 6) is 1.58. The fourth-order valence-electron chi connectivity index (χ4n) is 1.55. The highest BCUT2D eigenvalue weighted by Crippen LogP contribution is 2.32. The van der Waals surface area contributed by atoms with E-state index in [1.807, 2.05) is 18.2 Å². The second-order valence-corrected chi connectivity index (χ2v) is 4.81. The number of ether oxygens (including phenoxy) is 1. The minimum absolute atomic E-state index is 0.141. The molecule has 1 aromatic carbocycles. The Morgan fingerprint density at radius 1 is 1.50 bits per heavy atom. The standard InChI is InChI=1S/C13H15ClO2/c1-9(15)6-11-4-5-13(12(14)7-11)16-8-10-2-3-10/h4-5,7,10H,2-3,6,8H2,1H3. The summed E-state index contributed by atoms with van der Waals surface area (Å²) in [6.07, 6.45) is 2.96. The third-order valence-corrected chi connectivity index (χ3v) is 2.92. The van der Waals surface area contributed by atoms with Crippen molar-refractivity contribution in [3.05, 3.63) is 28.8 Å². The molecule has 1 aromatic rings. The average Bonchev–Trinajstić information content (AvgIpc) is 2.99. The van der Waals surface area contributed by atoms with Gasteiger partial charge in [0.15, 0.2) is 0 Å². The Labute approximate surface area is 101 Å². The molecule has 0 atom stereocenters. The smallest absolute Gasteiger partial charge is 0.137 e. The molecule has 2 nitrogen and oxygen atoms in total. The summed E-state index contributed by atoms with van der Waals surface area (Å²) in [7, 11) is 0. The molecular formula is C13H15ClO2. The molecular weight excluding hydrogens is 224 g/mol. The van der Waals surface area contributed by atoms with Crippen molar-refractivity contribution >= 4 is 17.4 Å². The highest BCUT2D eigenvalue weighted by molar-refractivity contribution is 6.32. The van der Waals surface area contributed by atoms with E-state index in [9.17, 15) is 4.79 Å². The Kier molecular flexibility index (Phi) is 3.49. The fraction of sp³-hybridized carbons (Fsp3) is 0.462. The zero-order valence-corrected chi connectivity index (χ0v) is 10.1. The van der Waals surface area contributed by atoms with Gasteiger partial charge in [-0.3, -0.25) is 4.79 Å². The summed E-state index contributed by atoms with van der Waals surface area (Å²) in [6.45, 7) is 2.33. The van der Waals surface area contributed by atoms with Gasteiger partial charge in [0.25, 0.3) is 0 Å². The molecule has 3 heteroatoms. The number of hydrogen-bond donors (Lipinski definition) is 0. The number of hydrogen-bond acceptors (Lipinski definition) is 2. The summed E-state index contributed by atoms with van der Waals surface area (Å²) in [5, 5.41) is 0.597. The minimum atomic E-state index is 0.141. The van der Waals surface area contributed by atoms with E-state index in [0.29, 0.717) is 17.4 Å². The fourth-order valence-corrected chi connectivity index (χ4v) is 1.81. The molecule has 86 valence electrons. The average molecular weight is 239 g/mol. The molecule has 0 heterocycles. The quantitative estimate of drug-likeness (QED) is 0.787. The maximum absolute atomic E-state index is 11.0.